The molecule has 0 aliphatic heterocycles. The molecule has 0 bridgehead atoms. The lowest BCUT2D eigenvalue weighted by Crippen LogP contribution is -2.43. The first-order valence-electron chi connectivity index (χ1n) is 10.5. The number of benzene rings is 1. The van der Waals surface area contributed by atoms with Crippen molar-refractivity contribution < 1.29 is 14.6 Å². The number of aryl methyl sites for hydroxylation is 1. The fourth-order valence-electron chi connectivity index (χ4n) is 3.14. The highest BCUT2D eigenvalue weighted by Crippen LogP contribution is 2.30. The van der Waals surface area contributed by atoms with Crippen molar-refractivity contribution >= 4 is 0 Å². The fraction of sp³-hybridized carbons (Fsp3) is 0.739. The lowest BCUT2D eigenvalue weighted by Gasteiger charge is -2.25. The van der Waals surface area contributed by atoms with Gasteiger partial charge in [-0.3, -0.25) is 0 Å². The minimum Gasteiger partial charge on any atom is -0.493 e. The first-order valence-corrected chi connectivity index (χ1v) is 10.5. The second kappa shape index (κ2) is 12.2. The second-order valence-corrected chi connectivity index (χ2v) is 8.43. The maximum absolute atomic E-state index is 9.46. The van der Waals surface area contributed by atoms with E-state index in [1.54, 1.807) is 7.11 Å². The maximum atomic E-state index is 9.46. The molecule has 3 N–H and O–H groups in total. The Morgan fingerprint density at radius 1 is 1.11 bits per heavy atom. The van der Waals surface area contributed by atoms with Crippen LogP contribution in [0, 0.1) is 11.8 Å². The van der Waals surface area contributed by atoms with Crippen LogP contribution in [0.25, 0.3) is 0 Å². The summed E-state index contributed by atoms with van der Waals surface area (Å²) >= 11 is 0. The molecule has 0 amide bonds. The smallest absolute Gasteiger partial charge is 0.161 e. The second-order valence-electron chi connectivity index (χ2n) is 8.43. The summed E-state index contributed by atoms with van der Waals surface area (Å²) in [6.07, 6.45) is 7.25. The van der Waals surface area contributed by atoms with Gasteiger partial charge < -0.3 is 20.3 Å². The van der Waals surface area contributed by atoms with Gasteiger partial charge in [0.05, 0.1) is 20.3 Å². The molecule has 4 heteroatoms. The number of rotatable bonds is 14. The van der Waals surface area contributed by atoms with E-state index in [0.29, 0.717) is 12.5 Å². The summed E-state index contributed by atoms with van der Waals surface area (Å²) < 4.78 is 11.5. The van der Waals surface area contributed by atoms with Crippen LogP contribution in [0.15, 0.2) is 18.2 Å². The van der Waals surface area contributed by atoms with Gasteiger partial charge in [-0.25, -0.2) is 0 Å². The van der Waals surface area contributed by atoms with Gasteiger partial charge in [-0.1, -0.05) is 53.0 Å². The molecule has 27 heavy (non-hydrogen) atoms. The third-order valence-electron chi connectivity index (χ3n) is 5.51. The first kappa shape index (κ1) is 23.8. The number of ether oxygens (including phenoxy) is 2. The highest BCUT2D eigenvalue weighted by Gasteiger charge is 2.21. The number of nitrogens with two attached hydrogens (primary N) is 1. The molecule has 0 radical (unpaired) electrons. The third kappa shape index (κ3) is 8.98. The highest BCUT2D eigenvalue weighted by atomic mass is 16.5. The van der Waals surface area contributed by atoms with Gasteiger partial charge in [-0.05, 0) is 55.2 Å². The Kier molecular flexibility index (Phi) is 10.8. The van der Waals surface area contributed by atoms with Crippen molar-refractivity contribution in [2.24, 2.45) is 17.6 Å². The maximum Gasteiger partial charge on any atom is 0.161 e. The van der Waals surface area contributed by atoms with Crippen LogP contribution in [-0.2, 0) is 6.42 Å². The number of hydrogen-bond acceptors (Lipinski definition) is 4. The van der Waals surface area contributed by atoms with Crippen molar-refractivity contribution in [3.63, 3.8) is 0 Å². The third-order valence-corrected chi connectivity index (χ3v) is 5.51. The predicted octanol–water partition coefficient (Wildman–Crippen LogP) is 4.96. The predicted molar refractivity (Wildman–Crippen MR) is 114 cm³/mol. The van der Waals surface area contributed by atoms with Crippen LogP contribution < -0.4 is 15.2 Å². The van der Waals surface area contributed by atoms with Crippen LogP contribution in [0.3, 0.4) is 0 Å². The van der Waals surface area contributed by atoms with Crippen molar-refractivity contribution in [3.8, 4) is 11.5 Å². The van der Waals surface area contributed by atoms with Gasteiger partial charge in [0.1, 0.15) is 0 Å². The minimum absolute atomic E-state index is 0.0111. The van der Waals surface area contributed by atoms with Gasteiger partial charge in [-0.2, -0.15) is 0 Å². The normalized spacial score (nSPS) is 14.8. The van der Waals surface area contributed by atoms with Gasteiger partial charge in [0.25, 0.3) is 0 Å². The molecule has 2 unspecified atom stereocenters. The molecule has 1 rings (SSSR count). The van der Waals surface area contributed by atoms with Crippen molar-refractivity contribution in [2.45, 2.75) is 78.2 Å². The van der Waals surface area contributed by atoms with Crippen molar-refractivity contribution in [1.82, 2.24) is 0 Å². The molecule has 0 heterocycles. The van der Waals surface area contributed by atoms with E-state index in [1.807, 2.05) is 19.1 Å². The van der Waals surface area contributed by atoms with E-state index in [2.05, 4.69) is 26.8 Å². The number of aliphatic hydroxyl groups is 1. The van der Waals surface area contributed by atoms with Crippen molar-refractivity contribution in [2.75, 3.05) is 20.3 Å². The Morgan fingerprint density at radius 2 is 1.85 bits per heavy atom. The molecule has 0 saturated carbocycles. The summed E-state index contributed by atoms with van der Waals surface area (Å²) in [6, 6.07) is 6.08. The molecule has 0 spiro atoms. The van der Waals surface area contributed by atoms with E-state index < -0.39 is 5.54 Å². The summed E-state index contributed by atoms with van der Waals surface area (Å²) in [5, 5.41) is 9.46. The molecular weight excluding hydrogens is 338 g/mol. The summed E-state index contributed by atoms with van der Waals surface area (Å²) in [7, 11) is 1.67. The van der Waals surface area contributed by atoms with E-state index in [1.165, 1.54) is 19.3 Å². The van der Waals surface area contributed by atoms with Crippen molar-refractivity contribution in [1.29, 1.82) is 0 Å². The van der Waals surface area contributed by atoms with Crippen LogP contribution in [0.1, 0.15) is 71.8 Å². The van der Waals surface area contributed by atoms with E-state index in [0.717, 1.165) is 48.7 Å². The van der Waals surface area contributed by atoms with Crippen LogP contribution in [-0.4, -0.2) is 31.0 Å². The van der Waals surface area contributed by atoms with Crippen LogP contribution in [0.2, 0.25) is 0 Å². The summed E-state index contributed by atoms with van der Waals surface area (Å²) in [5.41, 5.74) is 6.83. The Morgan fingerprint density at radius 3 is 2.44 bits per heavy atom. The van der Waals surface area contributed by atoms with Crippen molar-refractivity contribution in [3.05, 3.63) is 23.8 Å². The largest absolute Gasteiger partial charge is 0.493 e. The average Bonchev–Trinajstić information content (AvgIpc) is 2.66. The van der Waals surface area contributed by atoms with E-state index >= 15 is 0 Å². The van der Waals surface area contributed by atoms with E-state index in [-0.39, 0.29) is 6.61 Å². The molecule has 0 saturated heterocycles. The zero-order chi connectivity index (χ0) is 20.3. The van der Waals surface area contributed by atoms with E-state index in [4.69, 9.17) is 15.2 Å². The Labute approximate surface area is 166 Å². The lowest BCUT2D eigenvalue weighted by molar-refractivity contribution is 0.183. The molecule has 156 valence electrons. The van der Waals surface area contributed by atoms with E-state index in [9.17, 15) is 5.11 Å². The number of hydrogen-bond donors (Lipinski definition) is 2. The first-order chi connectivity index (χ1) is 12.8. The van der Waals surface area contributed by atoms with Gasteiger partial charge in [0.2, 0.25) is 0 Å². The SMILES string of the molecule is CCC(N)(CO)CCc1ccc(OCCC(C)CCCC(C)C)c(OC)c1. The number of methoxy groups -OCH3 is 1. The van der Waals surface area contributed by atoms with Gasteiger partial charge in [0.15, 0.2) is 11.5 Å². The molecule has 4 nitrogen and oxygen atoms in total. The Balaban J connectivity index is 2.50. The fourth-order valence-corrected chi connectivity index (χ4v) is 3.14. The van der Waals surface area contributed by atoms with Gasteiger partial charge >= 0.3 is 0 Å². The van der Waals surface area contributed by atoms with Gasteiger partial charge in [-0.15, -0.1) is 0 Å². The molecule has 0 aliphatic carbocycles. The van der Waals surface area contributed by atoms with Crippen LogP contribution in [0.4, 0.5) is 0 Å². The minimum atomic E-state index is -0.506. The molecule has 0 fully saturated rings. The molecule has 0 aromatic heterocycles. The summed E-state index contributed by atoms with van der Waals surface area (Å²) in [5.74, 6) is 3.03. The Hall–Kier alpha value is -1.26. The monoisotopic (exact) mass is 379 g/mol. The molecule has 2 atom stereocenters. The quantitative estimate of drug-likeness (QED) is 0.479. The lowest BCUT2D eigenvalue weighted by atomic mass is 9.90. The summed E-state index contributed by atoms with van der Waals surface area (Å²) in [6.45, 7) is 9.60. The molecular formula is C23H41NO3. The zero-order valence-corrected chi connectivity index (χ0v) is 18.1. The van der Waals surface area contributed by atoms with Gasteiger partial charge in [0, 0.05) is 5.54 Å². The topological polar surface area (TPSA) is 64.7 Å². The standard InChI is InChI=1S/C23H41NO3/c1-6-23(24,17-25)14-12-20-10-11-21(22(16-20)26-5)27-15-13-19(4)9-7-8-18(2)3/h10-11,16,18-19,25H,6-9,12-15,17,24H2,1-5H3. The zero-order valence-electron chi connectivity index (χ0n) is 18.1. The molecule has 0 aliphatic rings. The molecule has 1 aromatic carbocycles. The number of aliphatic hydroxyl groups excluding tert-OH is 1. The Bertz CT molecular complexity index is 526. The van der Waals surface area contributed by atoms with Crippen LogP contribution in [0.5, 0.6) is 11.5 Å². The van der Waals surface area contributed by atoms with Crippen LogP contribution >= 0.6 is 0 Å². The average molecular weight is 380 g/mol. The molecule has 1 aromatic rings. The summed E-state index contributed by atoms with van der Waals surface area (Å²) in [4.78, 5) is 0. The highest BCUT2D eigenvalue weighted by molar-refractivity contribution is 5.43.